The molecule has 0 amide bonds. The van der Waals surface area contributed by atoms with Gasteiger partial charge in [0.15, 0.2) is 0 Å². The minimum atomic E-state index is -0.374. The van der Waals surface area contributed by atoms with Crippen molar-refractivity contribution in [3.05, 3.63) is 33.2 Å². The van der Waals surface area contributed by atoms with E-state index in [-0.39, 0.29) is 18.1 Å². The first kappa shape index (κ1) is 14.0. The van der Waals surface area contributed by atoms with Crippen molar-refractivity contribution < 1.29 is 9.53 Å². The van der Waals surface area contributed by atoms with Crippen molar-refractivity contribution in [1.29, 1.82) is 0 Å². The lowest BCUT2D eigenvalue weighted by Crippen LogP contribution is -2.24. The second kappa shape index (κ2) is 7.27. The molecule has 0 spiro atoms. The minimum Gasteiger partial charge on any atom is -0.464 e. The number of hydrogen-bond acceptors (Lipinski definition) is 3. The molecule has 17 heavy (non-hydrogen) atoms. The zero-order chi connectivity index (χ0) is 12.7. The van der Waals surface area contributed by atoms with Crippen LogP contribution in [0.4, 0.5) is 0 Å². The van der Waals surface area contributed by atoms with Crippen molar-refractivity contribution in [2.75, 3.05) is 6.61 Å². The van der Waals surface area contributed by atoms with Crippen molar-refractivity contribution in [3.63, 3.8) is 0 Å². The maximum absolute atomic E-state index is 11.4. The van der Waals surface area contributed by atoms with Crippen LogP contribution >= 0.6 is 15.9 Å². The van der Waals surface area contributed by atoms with Crippen molar-refractivity contribution in [2.24, 2.45) is 0 Å². The van der Waals surface area contributed by atoms with E-state index in [4.69, 9.17) is 4.74 Å². The fourth-order valence-electron chi connectivity index (χ4n) is 1.35. The highest BCUT2D eigenvalue weighted by atomic mass is 79.9. The van der Waals surface area contributed by atoms with E-state index in [1.54, 1.807) is 12.3 Å². The molecule has 4 nitrogen and oxygen atoms in total. The van der Waals surface area contributed by atoms with Crippen LogP contribution < -0.4 is 5.56 Å². The summed E-state index contributed by atoms with van der Waals surface area (Å²) in [7, 11) is 0. The van der Waals surface area contributed by atoms with Crippen LogP contribution in [0.3, 0.4) is 0 Å². The van der Waals surface area contributed by atoms with Gasteiger partial charge in [-0.25, -0.2) is 0 Å². The number of carbonyl (C=O) groups excluding carboxylic acids is 1. The van der Waals surface area contributed by atoms with Gasteiger partial charge in [-0.3, -0.25) is 9.59 Å². The van der Waals surface area contributed by atoms with Gasteiger partial charge in [-0.2, -0.15) is 0 Å². The van der Waals surface area contributed by atoms with E-state index < -0.39 is 0 Å². The van der Waals surface area contributed by atoms with Gasteiger partial charge < -0.3 is 9.30 Å². The maximum atomic E-state index is 11.4. The van der Waals surface area contributed by atoms with Crippen LogP contribution in [0, 0.1) is 0 Å². The smallest absolute Gasteiger partial charge is 0.326 e. The standard InChI is InChI=1S/C12H16BrNO3/c1-2-3-4-7-17-12(16)9-14-8-10(13)5-6-11(14)15/h5-6,8H,2-4,7,9H2,1H3. The van der Waals surface area contributed by atoms with E-state index in [1.807, 2.05) is 0 Å². The molecule has 1 rings (SSSR count). The van der Waals surface area contributed by atoms with Crippen LogP contribution in [0.5, 0.6) is 0 Å². The molecule has 1 heterocycles. The van der Waals surface area contributed by atoms with Gasteiger partial charge in [0.2, 0.25) is 0 Å². The van der Waals surface area contributed by atoms with E-state index >= 15 is 0 Å². The Kier molecular flexibility index (Phi) is 5.97. The van der Waals surface area contributed by atoms with Crippen LogP contribution in [-0.4, -0.2) is 17.1 Å². The molecule has 0 radical (unpaired) electrons. The van der Waals surface area contributed by atoms with Gasteiger partial charge in [0.25, 0.3) is 5.56 Å². The highest BCUT2D eigenvalue weighted by Gasteiger charge is 2.05. The summed E-state index contributed by atoms with van der Waals surface area (Å²) >= 11 is 3.25. The third kappa shape index (κ3) is 5.17. The van der Waals surface area contributed by atoms with E-state index in [9.17, 15) is 9.59 Å². The van der Waals surface area contributed by atoms with Gasteiger partial charge in [0.1, 0.15) is 6.54 Å². The summed E-state index contributed by atoms with van der Waals surface area (Å²) in [6.07, 6.45) is 4.58. The van der Waals surface area contributed by atoms with Crippen LogP contribution in [0.2, 0.25) is 0 Å². The number of rotatable bonds is 6. The number of hydrogen-bond donors (Lipinski definition) is 0. The molecular weight excluding hydrogens is 286 g/mol. The molecule has 0 saturated carbocycles. The number of halogens is 1. The molecule has 94 valence electrons. The summed E-state index contributed by atoms with van der Waals surface area (Å²) in [6, 6.07) is 3.06. The molecule has 0 aliphatic rings. The molecule has 1 aromatic rings. The van der Waals surface area contributed by atoms with Crippen molar-refractivity contribution in [3.8, 4) is 0 Å². The van der Waals surface area contributed by atoms with E-state index in [0.29, 0.717) is 6.61 Å². The quantitative estimate of drug-likeness (QED) is 0.598. The summed E-state index contributed by atoms with van der Waals surface area (Å²) in [6.45, 7) is 2.47. The van der Waals surface area contributed by atoms with Gasteiger partial charge in [-0.05, 0) is 28.4 Å². The van der Waals surface area contributed by atoms with E-state index in [2.05, 4.69) is 22.9 Å². The third-order valence-electron chi connectivity index (χ3n) is 2.26. The second-order valence-electron chi connectivity index (χ2n) is 3.74. The Balaban J connectivity index is 2.45. The van der Waals surface area contributed by atoms with E-state index in [1.165, 1.54) is 10.6 Å². The molecule has 0 unspecified atom stereocenters. The molecule has 0 saturated heterocycles. The predicted molar refractivity (Wildman–Crippen MR) is 68.9 cm³/mol. The zero-order valence-corrected chi connectivity index (χ0v) is 11.4. The maximum Gasteiger partial charge on any atom is 0.326 e. The zero-order valence-electron chi connectivity index (χ0n) is 9.82. The molecule has 1 aromatic heterocycles. The number of ether oxygens (including phenoxy) is 1. The predicted octanol–water partition coefficient (Wildman–Crippen LogP) is 2.34. The first-order valence-electron chi connectivity index (χ1n) is 5.65. The SMILES string of the molecule is CCCCCOC(=O)Cn1cc(Br)ccc1=O. The Bertz CT molecular complexity index is 428. The molecule has 0 aliphatic carbocycles. The summed E-state index contributed by atoms with van der Waals surface area (Å²) in [4.78, 5) is 22.9. The lowest BCUT2D eigenvalue weighted by molar-refractivity contribution is -0.144. The number of esters is 1. The second-order valence-corrected chi connectivity index (χ2v) is 4.66. The first-order valence-corrected chi connectivity index (χ1v) is 6.44. The molecule has 0 atom stereocenters. The monoisotopic (exact) mass is 301 g/mol. The highest BCUT2D eigenvalue weighted by Crippen LogP contribution is 2.05. The Labute approximate surface area is 109 Å². The third-order valence-corrected chi connectivity index (χ3v) is 2.73. The largest absolute Gasteiger partial charge is 0.464 e. The summed E-state index contributed by atoms with van der Waals surface area (Å²) in [5.74, 6) is -0.374. The van der Waals surface area contributed by atoms with Gasteiger partial charge >= 0.3 is 5.97 Å². The normalized spacial score (nSPS) is 10.2. The van der Waals surface area contributed by atoms with Gasteiger partial charge in [0, 0.05) is 16.7 Å². The van der Waals surface area contributed by atoms with Crippen molar-refractivity contribution in [2.45, 2.75) is 32.7 Å². The first-order chi connectivity index (χ1) is 8.13. The number of carbonyl (C=O) groups is 1. The molecule has 0 bridgehead atoms. The lowest BCUT2D eigenvalue weighted by atomic mass is 10.3. The molecule has 0 aromatic carbocycles. The average molecular weight is 302 g/mol. The van der Waals surface area contributed by atoms with Gasteiger partial charge in [-0.1, -0.05) is 19.8 Å². The molecule has 0 fully saturated rings. The van der Waals surface area contributed by atoms with Gasteiger partial charge in [0.05, 0.1) is 6.61 Å². The molecule has 5 heteroatoms. The Morgan fingerprint density at radius 2 is 2.18 bits per heavy atom. The van der Waals surface area contributed by atoms with Gasteiger partial charge in [-0.15, -0.1) is 0 Å². The summed E-state index contributed by atoms with van der Waals surface area (Å²) < 4.78 is 7.11. The van der Waals surface area contributed by atoms with Crippen LogP contribution in [0.1, 0.15) is 26.2 Å². The minimum absolute atomic E-state index is 0.0373. The Morgan fingerprint density at radius 1 is 1.41 bits per heavy atom. The van der Waals surface area contributed by atoms with Crippen LogP contribution in [0.15, 0.2) is 27.6 Å². The molecule has 0 aliphatic heterocycles. The molecule has 0 N–H and O–H groups in total. The van der Waals surface area contributed by atoms with Crippen LogP contribution in [0.25, 0.3) is 0 Å². The summed E-state index contributed by atoms with van der Waals surface area (Å²) in [5.41, 5.74) is -0.210. The number of pyridine rings is 1. The Hall–Kier alpha value is -1.10. The fourth-order valence-corrected chi connectivity index (χ4v) is 1.73. The van der Waals surface area contributed by atoms with E-state index in [0.717, 1.165) is 23.7 Å². The highest BCUT2D eigenvalue weighted by molar-refractivity contribution is 9.10. The topological polar surface area (TPSA) is 48.3 Å². The Morgan fingerprint density at radius 3 is 2.88 bits per heavy atom. The lowest BCUT2D eigenvalue weighted by Gasteiger charge is -2.06. The number of nitrogens with zero attached hydrogens (tertiary/aromatic N) is 1. The number of unbranched alkanes of at least 4 members (excludes halogenated alkanes) is 2. The summed E-state index contributed by atoms with van der Waals surface area (Å²) in [5, 5.41) is 0. The van der Waals surface area contributed by atoms with Crippen molar-refractivity contribution >= 4 is 21.9 Å². The molecular formula is C12H16BrNO3. The fraction of sp³-hybridized carbons (Fsp3) is 0.500. The van der Waals surface area contributed by atoms with Crippen molar-refractivity contribution in [1.82, 2.24) is 4.57 Å². The van der Waals surface area contributed by atoms with Crippen LogP contribution in [-0.2, 0) is 16.1 Å². The number of aromatic nitrogens is 1. The average Bonchev–Trinajstić information content (AvgIpc) is 2.29.